The Bertz CT molecular complexity index is 576. The van der Waals surface area contributed by atoms with Crippen LogP contribution in [0.5, 0.6) is 0 Å². The highest BCUT2D eigenvalue weighted by molar-refractivity contribution is 5.41. The van der Waals surface area contributed by atoms with E-state index in [-0.39, 0.29) is 11.5 Å². The molecule has 3 rings (SSSR count). The van der Waals surface area contributed by atoms with Gasteiger partial charge in [-0.1, -0.05) is 44.2 Å². The van der Waals surface area contributed by atoms with Crippen molar-refractivity contribution in [2.45, 2.75) is 39.0 Å². The van der Waals surface area contributed by atoms with E-state index < -0.39 is 0 Å². The predicted molar refractivity (Wildman–Crippen MR) is 79.6 cm³/mol. The van der Waals surface area contributed by atoms with Crippen LogP contribution in [0.15, 0.2) is 42.7 Å². The van der Waals surface area contributed by atoms with Crippen molar-refractivity contribution in [1.82, 2.24) is 9.78 Å². The maximum atomic E-state index is 9.76. The Kier molecular flexibility index (Phi) is 3.26. The van der Waals surface area contributed by atoms with Crippen molar-refractivity contribution >= 4 is 5.69 Å². The standard InChI is InChI=1S/C16H21N3O/c1-16(2)14(8-15(16)20)18-13-9-17-19(11-13)10-12-6-4-3-5-7-12/h3-7,9,11,14-15,18,20H,8,10H2,1-2H3. The zero-order chi connectivity index (χ0) is 14.2. The number of hydrogen-bond acceptors (Lipinski definition) is 3. The first kappa shape index (κ1) is 13.2. The van der Waals surface area contributed by atoms with E-state index in [4.69, 9.17) is 0 Å². The Balaban J connectivity index is 1.63. The summed E-state index contributed by atoms with van der Waals surface area (Å²) in [6.07, 6.45) is 4.47. The Labute approximate surface area is 119 Å². The van der Waals surface area contributed by atoms with E-state index in [9.17, 15) is 5.11 Å². The van der Waals surface area contributed by atoms with E-state index in [1.807, 2.05) is 35.3 Å². The van der Waals surface area contributed by atoms with Crippen molar-refractivity contribution in [2.24, 2.45) is 5.41 Å². The predicted octanol–water partition coefficient (Wildman–Crippen LogP) is 2.50. The molecule has 1 aromatic heterocycles. The molecule has 2 unspecified atom stereocenters. The highest BCUT2D eigenvalue weighted by atomic mass is 16.3. The summed E-state index contributed by atoms with van der Waals surface area (Å²) in [6.45, 7) is 4.96. The van der Waals surface area contributed by atoms with Crippen LogP contribution >= 0.6 is 0 Å². The minimum absolute atomic E-state index is 0.0679. The molecule has 1 heterocycles. The van der Waals surface area contributed by atoms with Crippen molar-refractivity contribution in [1.29, 1.82) is 0 Å². The fourth-order valence-electron chi connectivity index (χ4n) is 2.64. The maximum absolute atomic E-state index is 9.76. The molecule has 0 spiro atoms. The van der Waals surface area contributed by atoms with Gasteiger partial charge in [0.25, 0.3) is 0 Å². The van der Waals surface area contributed by atoms with E-state index in [0.717, 1.165) is 18.7 Å². The number of aromatic nitrogens is 2. The van der Waals surface area contributed by atoms with Gasteiger partial charge in [-0.3, -0.25) is 4.68 Å². The van der Waals surface area contributed by atoms with E-state index in [1.165, 1.54) is 5.56 Å². The Morgan fingerprint density at radius 1 is 1.35 bits per heavy atom. The summed E-state index contributed by atoms with van der Waals surface area (Å²) < 4.78 is 1.93. The Morgan fingerprint density at radius 3 is 2.75 bits per heavy atom. The van der Waals surface area contributed by atoms with Crippen molar-refractivity contribution in [3.63, 3.8) is 0 Å². The van der Waals surface area contributed by atoms with Gasteiger partial charge in [0.2, 0.25) is 0 Å². The fourth-order valence-corrected chi connectivity index (χ4v) is 2.64. The van der Waals surface area contributed by atoms with Crippen molar-refractivity contribution < 1.29 is 5.11 Å². The van der Waals surface area contributed by atoms with Gasteiger partial charge >= 0.3 is 0 Å². The number of rotatable bonds is 4. The van der Waals surface area contributed by atoms with Gasteiger partial charge in [-0.05, 0) is 12.0 Å². The maximum Gasteiger partial charge on any atom is 0.0729 e. The lowest BCUT2D eigenvalue weighted by molar-refractivity contribution is -0.0510. The second kappa shape index (κ2) is 4.94. The van der Waals surface area contributed by atoms with Crippen LogP contribution in [-0.2, 0) is 6.54 Å². The largest absolute Gasteiger partial charge is 0.392 e. The molecule has 20 heavy (non-hydrogen) atoms. The highest BCUT2D eigenvalue weighted by Crippen LogP contribution is 2.42. The summed E-state index contributed by atoms with van der Waals surface area (Å²) in [4.78, 5) is 0. The van der Waals surface area contributed by atoms with Gasteiger partial charge in [-0.2, -0.15) is 5.10 Å². The van der Waals surface area contributed by atoms with Crippen LogP contribution in [0.3, 0.4) is 0 Å². The van der Waals surface area contributed by atoms with E-state index in [2.05, 4.69) is 36.4 Å². The van der Waals surface area contributed by atoms with Gasteiger partial charge in [-0.15, -0.1) is 0 Å². The molecular weight excluding hydrogens is 250 g/mol. The van der Waals surface area contributed by atoms with Gasteiger partial charge in [-0.25, -0.2) is 0 Å². The fraction of sp³-hybridized carbons (Fsp3) is 0.438. The van der Waals surface area contributed by atoms with Crippen LogP contribution < -0.4 is 5.32 Å². The van der Waals surface area contributed by atoms with Gasteiger partial charge in [0.05, 0.1) is 24.5 Å². The number of aliphatic hydroxyl groups excluding tert-OH is 1. The molecule has 1 aromatic carbocycles. The molecule has 1 fully saturated rings. The number of anilines is 1. The second-order valence-electron chi connectivity index (χ2n) is 6.18. The molecule has 1 aliphatic carbocycles. The average Bonchev–Trinajstić information content (AvgIpc) is 2.87. The Morgan fingerprint density at radius 2 is 2.10 bits per heavy atom. The minimum atomic E-state index is -0.209. The third-order valence-corrected chi connectivity index (χ3v) is 4.38. The first-order valence-electron chi connectivity index (χ1n) is 7.06. The minimum Gasteiger partial charge on any atom is -0.392 e. The van der Waals surface area contributed by atoms with Crippen LogP contribution in [0.4, 0.5) is 5.69 Å². The molecule has 4 nitrogen and oxygen atoms in total. The number of nitrogens with one attached hydrogen (secondary N) is 1. The zero-order valence-electron chi connectivity index (χ0n) is 12.0. The van der Waals surface area contributed by atoms with Crippen LogP contribution in [0.1, 0.15) is 25.8 Å². The first-order chi connectivity index (χ1) is 9.55. The number of aliphatic hydroxyl groups is 1. The molecule has 0 aliphatic heterocycles. The molecule has 2 atom stereocenters. The number of benzene rings is 1. The average molecular weight is 271 g/mol. The molecule has 1 saturated carbocycles. The van der Waals surface area contributed by atoms with Crippen LogP contribution in [-0.4, -0.2) is 27.0 Å². The zero-order valence-corrected chi connectivity index (χ0v) is 12.0. The number of nitrogens with zero attached hydrogens (tertiary/aromatic N) is 2. The molecule has 0 saturated heterocycles. The van der Waals surface area contributed by atoms with E-state index >= 15 is 0 Å². The van der Waals surface area contributed by atoms with Crippen molar-refractivity contribution in [3.8, 4) is 0 Å². The van der Waals surface area contributed by atoms with Gasteiger partial charge < -0.3 is 10.4 Å². The molecular formula is C16H21N3O. The summed E-state index contributed by atoms with van der Waals surface area (Å²) in [6, 6.07) is 10.6. The molecule has 0 radical (unpaired) electrons. The van der Waals surface area contributed by atoms with Crippen LogP contribution in [0.25, 0.3) is 0 Å². The van der Waals surface area contributed by atoms with Crippen LogP contribution in [0, 0.1) is 5.41 Å². The van der Waals surface area contributed by atoms with Crippen LogP contribution in [0.2, 0.25) is 0 Å². The van der Waals surface area contributed by atoms with Gasteiger partial charge in [0.1, 0.15) is 0 Å². The molecule has 0 amide bonds. The van der Waals surface area contributed by atoms with Crippen molar-refractivity contribution in [2.75, 3.05) is 5.32 Å². The molecule has 0 bridgehead atoms. The monoisotopic (exact) mass is 271 g/mol. The SMILES string of the molecule is CC1(C)C(O)CC1Nc1cnn(Cc2ccccc2)c1. The molecule has 4 heteroatoms. The summed E-state index contributed by atoms with van der Waals surface area (Å²) in [7, 11) is 0. The second-order valence-corrected chi connectivity index (χ2v) is 6.18. The summed E-state index contributed by atoms with van der Waals surface area (Å²) >= 11 is 0. The normalized spacial score (nSPS) is 24.1. The lowest BCUT2D eigenvalue weighted by atomic mass is 9.64. The summed E-state index contributed by atoms with van der Waals surface area (Å²) in [5.74, 6) is 0. The van der Waals surface area contributed by atoms with E-state index in [1.54, 1.807) is 0 Å². The third kappa shape index (κ3) is 2.43. The van der Waals surface area contributed by atoms with E-state index in [0.29, 0.717) is 6.04 Å². The quantitative estimate of drug-likeness (QED) is 0.898. The lowest BCUT2D eigenvalue weighted by Crippen LogP contribution is -2.56. The van der Waals surface area contributed by atoms with Gasteiger partial charge in [0, 0.05) is 17.7 Å². The molecule has 2 N–H and O–H groups in total. The summed E-state index contributed by atoms with van der Waals surface area (Å²) in [5.41, 5.74) is 2.19. The topological polar surface area (TPSA) is 50.1 Å². The lowest BCUT2D eigenvalue weighted by Gasteiger charge is -2.49. The first-order valence-corrected chi connectivity index (χ1v) is 7.06. The van der Waals surface area contributed by atoms with Gasteiger partial charge in [0.15, 0.2) is 0 Å². The number of hydrogen-bond donors (Lipinski definition) is 2. The molecule has 2 aromatic rings. The molecule has 1 aliphatic rings. The summed E-state index contributed by atoms with van der Waals surface area (Å²) in [5, 5.41) is 17.6. The smallest absolute Gasteiger partial charge is 0.0729 e. The highest BCUT2D eigenvalue weighted by Gasteiger charge is 2.47. The molecule has 106 valence electrons. The Hall–Kier alpha value is -1.81. The van der Waals surface area contributed by atoms with Crippen molar-refractivity contribution in [3.05, 3.63) is 48.3 Å². The third-order valence-electron chi connectivity index (χ3n) is 4.38.